The average molecular weight is 387 g/mol. The van der Waals surface area contributed by atoms with E-state index in [0.29, 0.717) is 25.9 Å². The molecule has 3 atom stereocenters. The zero-order valence-electron chi connectivity index (χ0n) is 16.2. The van der Waals surface area contributed by atoms with Gasteiger partial charge in [-0.05, 0) is 39.2 Å². The molecule has 0 rings (SSSR count). The molecule has 0 aliphatic rings. The van der Waals surface area contributed by atoms with Crippen LogP contribution in [0.15, 0.2) is 4.99 Å². The van der Waals surface area contributed by atoms with Crippen LogP contribution in [0.5, 0.6) is 0 Å². The van der Waals surface area contributed by atoms with Gasteiger partial charge in [-0.15, -0.1) is 0 Å². The Hall–Kier alpha value is -2.40. The molecule has 11 N–H and O–H groups in total. The molecule has 0 bridgehead atoms. The van der Waals surface area contributed by atoms with Gasteiger partial charge in [-0.2, -0.15) is 0 Å². The number of nitrogens with two attached hydrogens (primary N) is 5. The minimum atomic E-state index is -0.879. The molecule has 0 aromatic heterocycles. The number of unbranched alkanes of at least 4 members (excludes halogenated alkanes) is 1. The quantitative estimate of drug-likeness (QED) is 0.112. The van der Waals surface area contributed by atoms with Gasteiger partial charge in [0.15, 0.2) is 5.96 Å². The topological polar surface area (TPSA) is 209 Å². The minimum Gasteiger partial charge on any atom is -0.370 e. The third kappa shape index (κ3) is 9.75. The lowest BCUT2D eigenvalue weighted by Gasteiger charge is -2.28. The summed E-state index contributed by atoms with van der Waals surface area (Å²) in [6.45, 7) is 2.40. The Morgan fingerprint density at radius 1 is 1.07 bits per heavy atom. The summed E-state index contributed by atoms with van der Waals surface area (Å²) < 4.78 is 0. The molecule has 3 unspecified atom stereocenters. The van der Waals surface area contributed by atoms with Crippen molar-refractivity contribution in [2.24, 2.45) is 33.7 Å². The number of carbonyl (C=O) groups excluding carboxylic acids is 3. The van der Waals surface area contributed by atoms with Gasteiger partial charge in [0.1, 0.15) is 12.1 Å². The molecule has 156 valence electrons. The van der Waals surface area contributed by atoms with Crippen molar-refractivity contribution < 1.29 is 14.4 Å². The Kier molecular flexibility index (Phi) is 11.7. The van der Waals surface area contributed by atoms with Crippen molar-refractivity contribution in [2.75, 3.05) is 20.1 Å². The molecule has 0 spiro atoms. The summed E-state index contributed by atoms with van der Waals surface area (Å²) in [5, 5.41) is 2.56. The Balaban J connectivity index is 4.66. The SMILES string of the molecule is CC(C(=O)NC(CCCN=C(N)N)C(N)=O)N(C)C(=O)C(N)CCCCN. The first-order valence-electron chi connectivity index (χ1n) is 8.99. The normalized spacial score (nSPS) is 13.9. The van der Waals surface area contributed by atoms with Gasteiger partial charge in [-0.1, -0.05) is 6.42 Å². The van der Waals surface area contributed by atoms with Gasteiger partial charge < -0.3 is 38.9 Å². The maximum absolute atomic E-state index is 12.4. The van der Waals surface area contributed by atoms with Crippen LogP contribution in [-0.4, -0.2) is 66.8 Å². The first-order chi connectivity index (χ1) is 12.6. The van der Waals surface area contributed by atoms with E-state index in [1.165, 1.54) is 11.9 Å². The van der Waals surface area contributed by atoms with Gasteiger partial charge in [0.05, 0.1) is 6.04 Å². The standard InChI is InChI=1S/C16H34N8O3/c1-10(24(2)15(27)11(18)6-3-4-8-17)14(26)23-12(13(19)25)7-5-9-22-16(20)21/h10-12H,3-9,17-18H2,1-2H3,(H2,19,25)(H,23,26)(H4,20,21,22). The van der Waals surface area contributed by atoms with Crippen molar-refractivity contribution >= 4 is 23.7 Å². The van der Waals surface area contributed by atoms with E-state index in [9.17, 15) is 14.4 Å². The highest BCUT2D eigenvalue weighted by Crippen LogP contribution is 2.06. The maximum atomic E-state index is 12.4. The van der Waals surface area contributed by atoms with Gasteiger partial charge in [0.25, 0.3) is 0 Å². The molecule has 27 heavy (non-hydrogen) atoms. The number of likely N-dealkylation sites (N-methyl/N-ethyl adjacent to an activating group) is 1. The highest BCUT2D eigenvalue weighted by Gasteiger charge is 2.28. The second kappa shape index (κ2) is 12.9. The Morgan fingerprint density at radius 3 is 2.22 bits per heavy atom. The third-order valence-corrected chi connectivity index (χ3v) is 4.20. The van der Waals surface area contributed by atoms with Crippen LogP contribution in [0.4, 0.5) is 0 Å². The minimum absolute atomic E-state index is 0.0498. The number of hydrogen-bond donors (Lipinski definition) is 6. The molecule has 11 heteroatoms. The maximum Gasteiger partial charge on any atom is 0.243 e. The fourth-order valence-electron chi connectivity index (χ4n) is 2.34. The van der Waals surface area contributed by atoms with E-state index in [0.717, 1.165) is 12.8 Å². The van der Waals surface area contributed by atoms with Crippen LogP contribution in [0.2, 0.25) is 0 Å². The van der Waals surface area contributed by atoms with E-state index in [2.05, 4.69) is 10.3 Å². The van der Waals surface area contributed by atoms with Crippen molar-refractivity contribution in [1.82, 2.24) is 10.2 Å². The first kappa shape index (κ1) is 24.6. The van der Waals surface area contributed by atoms with Gasteiger partial charge in [0.2, 0.25) is 17.7 Å². The number of amides is 3. The predicted molar refractivity (Wildman–Crippen MR) is 104 cm³/mol. The van der Waals surface area contributed by atoms with Crippen molar-refractivity contribution in [3.63, 3.8) is 0 Å². The number of rotatable bonds is 13. The average Bonchev–Trinajstić information content (AvgIpc) is 2.61. The van der Waals surface area contributed by atoms with E-state index in [4.69, 9.17) is 28.7 Å². The van der Waals surface area contributed by atoms with Gasteiger partial charge in [-0.3, -0.25) is 19.4 Å². The molecule has 0 heterocycles. The highest BCUT2D eigenvalue weighted by atomic mass is 16.2. The lowest BCUT2D eigenvalue weighted by molar-refractivity contribution is -0.140. The van der Waals surface area contributed by atoms with Crippen molar-refractivity contribution in [3.8, 4) is 0 Å². The summed E-state index contributed by atoms with van der Waals surface area (Å²) in [6, 6.07) is -2.39. The smallest absolute Gasteiger partial charge is 0.243 e. The molecule has 0 aromatic rings. The van der Waals surface area contributed by atoms with Crippen LogP contribution in [0.1, 0.15) is 39.0 Å². The van der Waals surface area contributed by atoms with E-state index < -0.39 is 29.9 Å². The fraction of sp³-hybridized carbons (Fsp3) is 0.750. The summed E-state index contributed by atoms with van der Waals surface area (Å²) in [5.41, 5.74) is 27.1. The molecule has 11 nitrogen and oxygen atoms in total. The molecular formula is C16H34N8O3. The number of aliphatic imine (C=N–C) groups is 1. The number of nitrogens with one attached hydrogen (secondary N) is 1. The summed E-state index contributed by atoms with van der Waals surface area (Å²) in [5.74, 6) is -1.57. The number of carbonyl (C=O) groups is 3. The second-order valence-electron chi connectivity index (χ2n) is 6.43. The molecule has 0 fully saturated rings. The first-order valence-corrected chi connectivity index (χ1v) is 8.99. The summed E-state index contributed by atoms with van der Waals surface area (Å²) in [6.07, 6.45) is 2.74. The van der Waals surface area contributed by atoms with Crippen molar-refractivity contribution in [1.29, 1.82) is 0 Å². The van der Waals surface area contributed by atoms with Crippen LogP contribution in [-0.2, 0) is 14.4 Å². The fourth-order valence-corrected chi connectivity index (χ4v) is 2.34. The summed E-state index contributed by atoms with van der Waals surface area (Å²) >= 11 is 0. The van der Waals surface area contributed by atoms with E-state index in [1.807, 2.05) is 0 Å². The number of hydrogen-bond acceptors (Lipinski definition) is 6. The lowest BCUT2D eigenvalue weighted by Crippen LogP contribution is -2.54. The third-order valence-electron chi connectivity index (χ3n) is 4.20. The zero-order valence-corrected chi connectivity index (χ0v) is 16.2. The predicted octanol–water partition coefficient (Wildman–Crippen LogP) is -2.69. The van der Waals surface area contributed by atoms with Crippen LogP contribution in [0, 0.1) is 0 Å². The number of nitrogens with zero attached hydrogens (tertiary/aromatic N) is 2. The van der Waals surface area contributed by atoms with E-state index in [-0.39, 0.29) is 18.3 Å². The van der Waals surface area contributed by atoms with Crippen LogP contribution < -0.4 is 34.0 Å². The Labute approximate surface area is 160 Å². The van der Waals surface area contributed by atoms with Crippen molar-refractivity contribution in [2.45, 2.75) is 57.2 Å². The van der Waals surface area contributed by atoms with Crippen molar-refractivity contribution in [3.05, 3.63) is 0 Å². The Bertz CT molecular complexity index is 522. The second-order valence-corrected chi connectivity index (χ2v) is 6.43. The van der Waals surface area contributed by atoms with Crippen LogP contribution in [0.25, 0.3) is 0 Å². The van der Waals surface area contributed by atoms with Gasteiger partial charge in [-0.25, -0.2) is 0 Å². The molecule has 0 saturated carbocycles. The molecule has 0 aliphatic heterocycles. The Morgan fingerprint density at radius 2 is 1.70 bits per heavy atom. The van der Waals surface area contributed by atoms with Crippen LogP contribution in [0.3, 0.4) is 0 Å². The molecule has 0 saturated heterocycles. The number of primary amides is 1. The summed E-state index contributed by atoms with van der Waals surface area (Å²) in [7, 11) is 1.49. The molecular weight excluding hydrogens is 352 g/mol. The van der Waals surface area contributed by atoms with Gasteiger partial charge >= 0.3 is 0 Å². The molecule has 0 aromatic carbocycles. The zero-order chi connectivity index (χ0) is 21.0. The number of guanidine groups is 1. The monoisotopic (exact) mass is 386 g/mol. The largest absolute Gasteiger partial charge is 0.370 e. The summed E-state index contributed by atoms with van der Waals surface area (Å²) in [4.78, 5) is 41.4. The molecule has 0 aliphatic carbocycles. The molecule has 3 amide bonds. The highest BCUT2D eigenvalue weighted by molar-refractivity contribution is 5.92. The lowest BCUT2D eigenvalue weighted by atomic mass is 10.1. The van der Waals surface area contributed by atoms with Gasteiger partial charge in [0, 0.05) is 13.6 Å². The van der Waals surface area contributed by atoms with E-state index >= 15 is 0 Å². The van der Waals surface area contributed by atoms with Crippen LogP contribution >= 0.6 is 0 Å². The van der Waals surface area contributed by atoms with E-state index in [1.54, 1.807) is 6.92 Å². The molecule has 0 radical (unpaired) electrons.